The van der Waals surface area contributed by atoms with Crippen molar-refractivity contribution in [1.29, 1.82) is 0 Å². The van der Waals surface area contributed by atoms with Gasteiger partial charge >= 0.3 is 0 Å². The Morgan fingerprint density at radius 3 is 2.40 bits per heavy atom. The molecule has 0 bridgehead atoms. The van der Waals surface area contributed by atoms with Crippen molar-refractivity contribution in [1.82, 2.24) is 4.90 Å². The van der Waals surface area contributed by atoms with Crippen LogP contribution in [0.5, 0.6) is 11.5 Å². The average molecular weight is 477 g/mol. The molecule has 0 radical (unpaired) electrons. The minimum Gasteiger partial charge on any atom is -0.457 e. The first-order valence-electron chi connectivity index (χ1n) is 12.8. The van der Waals surface area contributed by atoms with Gasteiger partial charge in [0.15, 0.2) is 0 Å². The minimum atomic E-state index is -0.308. The average Bonchev–Trinajstić information content (AvgIpc) is 3.48. The van der Waals surface area contributed by atoms with Gasteiger partial charge in [-0.25, -0.2) is 0 Å². The van der Waals surface area contributed by atoms with Gasteiger partial charge in [-0.2, -0.15) is 0 Å². The van der Waals surface area contributed by atoms with Gasteiger partial charge in [0.1, 0.15) is 11.5 Å². The third kappa shape index (κ3) is 5.56. The molecule has 1 atom stereocenters. The van der Waals surface area contributed by atoms with E-state index in [1.54, 1.807) is 42.5 Å². The van der Waals surface area contributed by atoms with Crippen molar-refractivity contribution in [2.75, 3.05) is 18.5 Å². The van der Waals surface area contributed by atoms with Gasteiger partial charge < -0.3 is 14.8 Å². The first-order chi connectivity index (χ1) is 17.1. The van der Waals surface area contributed by atoms with Gasteiger partial charge in [-0.15, -0.1) is 0 Å². The number of amides is 3. The van der Waals surface area contributed by atoms with Crippen LogP contribution < -0.4 is 10.1 Å². The maximum Gasteiger partial charge on any atom is 0.261 e. The van der Waals surface area contributed by atoms with Crippen molar-refractivity contribution in [3.05, 3.63) is 53.6 Å². The summed E-state index contributed by atoms with van der Waals surface area (Å²) in [6.07, 6.45) is 9.63. The molecule has 3 aliphatic rings. The lowest BCUT2D eigenvalue weighted by atomic mass is 9.86. The second-order valence-electron chi connectivity index (χ2n) is 9.78. The molecule has 0 spiro atoms. The fourth-order valence-electron chi connectivity index (χ4n) is 5.27. The predicted octanol–water partition coefficient (Wildman–Crippen LogP) is 5.55. The van der Waals surface area contributed by atoms with Crippen molar-refractivity contribution in [2.45, 2.75) is 63.9 Å². The highest BCUT2D eigenvalue weighted by atomic mass is 16.5. The molecule has 0 aromatic heterocycles. The van der Waals surface area contributed by atoms with Crippen molar-refractivity contribution >= 4 is 23.4 Å². The van der Waals surface area contributed by atoms with Gasteiger partial charge in [0.2, 0.25) is 5.91 Å². The lowest BCUT2D eigenvalue weighted by molar-refractivity contribution is -0.116. The van der Waals surface area contributed by atoms with Crippen LogP contribution in [0.2, 0.25) is 0 Å². The van der Waals surface area contributed by atoms with E-state index < -0.39 is 0 Å². The van der Waals surface area contributed by atoms with E-state index in [9.17, 15) is 14.4 Å². The Balaban J connectivity index is 1.16. The molecule has 2 heterocycles. The largest absolute Gasteiger partial charge is 0.457 e. The minimum absolute atomic E-state index is 0.0404. The number of carbonyl (C=O) groups excluding carboxylic acids is 3. The summed E-state index contributed by atoms with van der Waals surface area (Å²) in [5.41, 5.74) is 1.48. The van der Waals surface area contributed by atoms with Crippen LogP contribution in [0.3, 0.4) is 0 Å². The lowest BCUT2D eigenvalue weighted by Crippen LogP contribution is -2.36. The van der Waals surface area contributed by atoms with Crippen LogP contribution in [0.4, 0.5) is 5.69 Å². The van der Waals surface area contributed by atoms with Gasteiger partial charge in [0.25, 0.3) is 11.8 Å². The normalized spacial score (nSPS) is 20.2. The van der Waals surface area contributed by atoms with E-state index in [1.807, 2.05) is 0 Å². The third-order valence-electron chi connectivity index (χ3n) is 7.23. The molecule has 2 aromatic carbocycles. The summed E-state index contributed by atoms with van der Waals surface area (Å²) >= 11 is 0. The van der Waals surface area contributed by atoms with Gasteiger partial charge in [-0.05, 0) is 67.6 Å². The van der Waals surface area contributed by atoms with E-state index in [4.69, 9.17) is 9.47 Å². The van der Waals surface area contributed by atoms with Crippen molar-refractivity contribution in [3.63, 3.8) is 0 Å². The summed E-state index contributed by atoms with van der Waals surface area (Å²) in [5, 5.41) is 2.96. The molecule has 5 rings (SSSR count). The summed E-state index contributed by atoms with van der Waals surface area (Å²) in [6.45, 7) is 0.963. The number of imide groups is 1. The number of hydrogen-bond donors (Lipinski definition) is 1. The van der Waals surface area contributed by atoms with Gasteiger partial charge in [-0.3, -0.25) is 19.3 Å². The molecular formula is C28H32N2O5. The van der Waals surface area contributed by atoms with Crippen LogP contribution in [0.1, 0.15) is 78.5 Å². The van der Waals surface area contributed by atoms with E-state index >= 15 is 0 Å². The number of anilines is 1. The molecule has 184 valence electrons. The Morgan fingerprint density at radius 1 is 0.914 bits per heavy atom. The second-order valence-corrected chi connectivity index (χ2v) is 9.78. The lowest BCUT2D eigenvalue weighted by Gasteiger charge is -2.21. The van der Waals surface area contributed by atoms with Crippen LogP contribution in [-0.4, -0.2) is 41.9 Å². The third-order valence-corrected chi connectivity index (χ3v) is 7.23. The summed E-state index contributed by atoms with van der Waals surface area (Å²) in [5.74, 6) is 1.20. The maximum absolute atomic E-state index is 12.9. The molecule has 2 aromatic rings. The second kappa shape index (κ2) is 10.6. The Kier molecular flexibility index (Phi) is 7.13. The summed E-state index contributed by atoms with van der Waals surface area (Å²) in [7, 11) is 0. The fourth-order valence-corrected chi connectivity index (χ4v) is 5.27. The standard InChI is InChI=1S/C28H32N2O5/c31-26(15-8-19-5-2-1-3-6-19)29-20-9-11-21(12-10-20)35-22-13-14-24-25(17-22)28(33)30(27(24)32)18-23-7-4-16-34-23/h9-14,17,19,23H,1-8,15-16,18H2,(H,29,31). The molecule has 3 amide bonds. The van der Waals surface area contributed by atoms with Crippen LogP contribution >= 0.6 is 0 Å². The molecule has 2 aliphatic heterocycles. The van der Waals surface area contributed by atoms with Gasteiger partial charge in [0, 0.05) is 18.7 Å². The van der Waals surface area contributed by atoms with E-state index in [0.717, 1.165) is 24.9 Å². The highest BCUT2D eigenvalue weighted by Crippen LogP contribution is 2.31. The Morgan fingerprint density at radius 2 is 1.66 bits per heavy atom. The molecule has 7 nitrogen and oxygen atoms in total. The molecule has 7 heteroatoms. The molecule has 35 heavy (non-hydrogen) atoms. The molecule has 1 aliphatic carbocycles. The number of benzene rings is 2. The smallest absolute Gasteiger partial charge is 0.261 e. The summed E-state index contributed by atoms with van der Waals surface area (Å²) in [6, 6.07) is 12.1. The zero-order valence-corrected chi connectivity index (χ0v) is 20.0. The molecule has 1 N–H and O–H groups in total. The first kappa shape index (κ1) is 23.5. The zero-order valence-electron chi connectivity index (χ0n) is 20.0. The van der Waals surface area contributed by atoms with Gasteiger partial charge in [-0.1, -0.05) is 32.1 Å². The Labute approximate surface area is 205 Å². The number of ether oxygens (including phenoxy) is 2. The number of nitrogens with zero attached hydrogens (tertiary/aromatic N) is 1. The number of rotatable bonds is 8. The molecular weight excluding hydrogens is 444 g/mol. The first-order valence-corrected chi connectivity index (χ1v) is 12.8. The maximum atomic E-state index is 12.9. The Hall–Kier alpha value is -3.19. The van der Waals surface area contributed by atoms with Gasteiger partial charge in [0.05, 0.1) is 23.8 Å². The number of fused-ring (bicyclic) bond motifs is 1. The number of carbonyl (C=O) groups is 3. The predicted molar refractivity (Wildman–Crippen MR) is 132 cm³/mol. The van der Waals surface area contributed by atoms with E-state index in [-0.39, 0.29) is 30.4 Å². The van der Waals surface area contributed by atoms with Crippen LogP contribution in [0.25, 0.3) is 0 Å². The van der Waals surface area contributed by atoms with Crippen LogP contribution in [0, 0.1) is 5.92 Å². The fraction of sp³-hybridized carbons (Fsp3) is 0.464. The summed E-state index contributed by atoms with van der Waals surface area (Å²) < 4.78 is 11.5. The number of hydrogen-bond acceptors (Lipinski definition) is 5. The van der Waals surface area contributed by atoms with E-state index in [2.05, 4.69) is 5.32 Å². The molecule has 2 fully saturated rings. The van der Waals surface area contributed by atoms with Crippen molar-refractivity contribution < 1.29 is 23.9 Å². The monoisotopic (exact) mass is 476 g/mol. The van der Waals surface area contributed by atoms with Crippen molar-refractivity contribution in [3.8, 4) is 11.5 Å². The van der Waals surface area contributed by atoms with E-state index in [0.29, 0.717) is 41.6 Å². The summed E-state index contributed by atoms with van der Waals surface area (Å²) in [4.78, 5) is 39.1. The quantitative estimate of drug-likeness (QED) is 0.505. The topological polar surface area (TPSA) is 84.9 Å². The van der Waals surface area contributed by atoms with Crippen LogP contribution in [-0.2, 0) is 9.53 Å². The highest BCUT2D eigenvalue weighted by Gasteiger charge is 2.37. The van der Waals surface area contributed by atoms with Crippen molar-refractivity contribution in [2.24, 2.45) is 5.92 Å². The van der Waals surface area contributed by atoms with E-state index in [1.165, 1.54) is 37.0 Å². The number of nitrogens with one attached hydrogen (secondary N) is 1. The highest BCUT2D eigenvalue weighted by molar-refractivity contribution is 6.21. The molecule has 1 unspecified atom stereocenters. The zero-order chi connectivity index (χ0) is 24.2. The Bertz CT molecular complexity index is 1090. The molecule has 1 saturated carbocycles. The van der Waals surface area contributed by atoms with Crippen LogP contribution in [0.15, 0.2) is 42.5 Å². The SMILES string of the molecule is O=C(CCC1CCCCC1)Nc1ccc(Oc2ccc3c(c2)C(=O)N(CC2CCCO2)C3=O)cc1. The molecule has 1 saturated heterocycles.